The summed E-state index contributed by atoms with van der Waals surface area (Å²) in [5.41, 5.74) is 1.74. The summed E-state index contributed by atoms with van der Waals surface area (Å²) >= 11 is 3.44. The molecule has 29 heavy (non-hydrogen) atoms. The molecule has 2 heterocycles. The van der Waals surface area contributed by atoms with Crippen molar-refractivity contribution in [2.45, 2.75) is 31.6 Å². The van der Waals surface area contributed by atoms with E-state index in [2.05, 4.69) is 67.6 Å². The molecular weight excluding hydrogens is 434 g/mol. The third-order valence-electron chi connectivity index (χ3n) is 5.04. The molecule has 0 aliphatic carbocycles. The summed E-state index contributed by atoms with van der Waals surface area (Å²) in [4.78, 5) is 16.9. The maximum Gasteiger partial charge on any atom is 0.271 e. The zero-order chi connectivity index (χ0) is 20.5. The van der Waals surface area contributed by atoms with Crippen molar-refractivity contribution in [3.05, 3.63) is 52.0 Å². The van der Waals surface area contributed by atoms with E-state index in [9.17, 15) is 4.79 Å². The Balaban J connectivity index is 1.37. The van der Waals surface area contributed by atoms with Gasteiger partial charge in [-0.3, -0.25) is 4.79 Å². The van der Waals surface area contributed by atoms with Crippen LogP contribution in [-0.4, -0.2) is 55.1 Å². The fourth-order valence-electron chi connectivity index (χ4n) is 3.41. The van der Waals surface area contributed by atoms with Gasteiger partial charge in [0.1, 0.15) is 11.5 Å². The molecular formula is C21H28BrN5O2. The SMILES string of the molecule is C=Nn1c(C(=O)NCCCNCCc2ccc(Br)cc2)cnc1C1CCOCC1. The van der Waals surface area contributed by atoms with Crippen molar-refractivity contribution in [3.63, 3.8) is 0 Å². The van der Waals surface area contributed by atoms with Gasteiger partial charge in [-0.15, -0.1) is 0 Å². The first-order chi connectivity index (χ1) is 14.2. The molecule has 0 saturated carbocycles. The summed E-state index contributed by atoms with van der Waals surface area (Å²) in [5.74, 6) is 0.881. The molecule has 0 radical (unpaired) electrons. The van der Waals surface area contributed by atoms with Gasteiger partial charge < -0.3 is 15.4 Å². The Bertz CT molecular complexity index is 800. The Kier molecular flexibility index (Phi) is 8.39. The van der Waals surface area contributed by atoms with Gasteiger partial charge in [-0.05, 0) is 56.5 Å². The van der Waals surface area contributed by atoms with Crippen LogP contribution >= 0.6 is 15.9 Å². The fraction of sp³-hybridized carbons (Fsp3) is 0.476. The van der Waals surface area contributed by atoms with Gasteiger partial charge in [0.25, 0.3) is 5.91 Å². The number of carbonyl (C=O) groups is 1. The molecule has 2 aromatic rings. The van der Waals surface area contributed by atoms with Crippen molar-refractivity contribution in [1.82, 2.24) is 20.3 Å². The summed E-state index contributed by atoms with van der Waals surface area (Å²) in [6.07, 6.45) is 5.21. The highest BCUT2D eigenvalue weighted by molar-refractivity contribution is 9.10. The monoisotopic (exact) mass is 461 g/mol. The average molecular weight is 462 g/mol. The van der Waals surface area contributed by atoms with Crippen LogP contribution in [0.25, 0.3) is 0 Å². The molecule has 1 fully saturated rings. The van der Waals surface area contributed by atoms with E-state index in [4.69, 9.17) is 4.74 Å². The number of nitrogens with zero attached hydrogens (tertiary/aromatic N) is 3. The highest BCUT2D eigenvalue weighted by Crippen LogP contribution is 2.26. The van der Waals surface area contributed by atoms with E-state index in [-0.39, 0.29) is 11.8 Å². The normalized spacial score (nSPS) is 14.7. The number of hydrogen-bond donors (Lipinski definition) is 2. The van der Waals surface area contributed by atoms with Gasteiger partial charge in [0.2, 0.25) is 0 Å². The van der Waals surface area contributed by atoms with E-state index in [0.717, 1.165) is 49.1 Å². The van der Waals surface area contributed by atoms with Crippen LogP contribution in [0, 0.1) is 0 Å². The maximum atomic E-state index is 12.5. The Morgan fingerprint density at radius 2 is 2.00 bits per heavy atom. The maximum absolute atomic E-state index is 12.5. The number of hydrogen-bond acceptors (Lipinski definition) is 5. The first kappa shape index (κ1) is 21.7. The molecule has 0 atom stereocenters. The number of ether oxygens (including phenoxy) is 1. The molecule has 1 aliphatic heterocycles. The predicted molar refractivity (Wildman–Crippen MR) is 118 cm³/mol. The van der Waals surface area contributed by atoms with Gasteiger partial charge in [-0.2, -0.15) is 5.10 Å². The first-order valence-electron chi connectivity index (χ1n) is 10.0. The van der Waals surface area contributed by atoms with Gasteiger partial charge in [-0.25, -0.2) is 9.66 Å². The van der Waals surface area contributed by atoms with Gasteiger partial charge in [-0.1, -0.05) is 28.1 Å². The zero-order valence-corrected chi connectivity index (χ0v) is 18.2. The summed E-state index contributed by atoms with van der Waals surface area (Å²) < 4.78 is 8.07. The van der Waals surface area contributed by atoms with E-state index < -0.39 is 0 Å². The Morgan fingerprint density at radius 1 is 1.24 bits per heavy atom. The molecule has 7 nitrogen and oxygen atoms in total. The minimum atomic E-state index is -0.168. The Morgan fingerprint density at radius 3 is 2.72 bits per heavy atom. The van der Waals surface area contributed by atoms with E-state index >= 15 is 0 Å². The Hall–Kier alpha value is -2.03. The summed E-state index contributed by atoms with van der Waals surface area (Å²) in [6, 6.07) is 8.36. The lowest BCUT2D eigenvalue weighted by atomic mass is 10.00. The van der Waals surface area contributed by atoms with Crippen LogP contribution in [0.3, 0.4) is 0 Å². The number of nitrogens with one attached hydrogen (secondary N) is 2. The second-order valence-electron chi connectivity index (χ2n) is 7.08. The molecule has 1 saturated heterocycles. The van der Waals surface area contributed by atoms with Crippen LogP contribution < -0.4 is 10.6 Å². The molecule has 0 bridgehead atoms. The number of rotatable bonds is 10. The predicted octanol–water partition coefficient (Wildman–Crippen LogP) is 2.96. The molecule has 3 rings (SSSR count). The van der Waals surface area contributed by atoms with Crippen molar-refractivity contribution in [3.8, 4) is 0 Å². The second-order valence-corrected chi connectivity index (χ2v) is 7.99. The van der Waals surface area contributed by atoms with Crippen molar-refractivity contribution < 1.29 is 9.53 Å². The average Bonchev–Trinajstić information content (AvgIpc) is 3.19. The topological polar surface area (TPSA) is 80.5 Å². The molecule has 2 N–H and O–H groups in total. The third-order valence-corrected chi connectivity index (χ3v) is 5.57. The minimum Gasteiger partial charge on any atom is -0.381 e. The number of aromatic nitrogens is 2. The fourth-order valence-corrected chi connectivity index (χ4v) is 3.68. The second kappa shape index (κ2) is 11.2. The first-order valence-corrected chi connectivity index (χ1v) is 10.8. The number of imidazole rings is 1. The highest BCUT2D eigenvalue weighted by atomic mass is 79.9. The lowest BCUT2D eigenvalue weighted by Crippen LogP contribution is -2.29. The smallest absolute Gasteiger partial charge is 0.271 e. The lowest BCUT2D eigenvalue weighted by molar-refractivity contribution is 0.0828. The molecule has 8 heteroatoms. The molecule has 1 amide bonds. The molecule has 0 spiro atoms. The zero-order valence-electron chi connectivity index (χ0n) is 16.6. The van der Waals surface area contributed by atoms with Crippen LogP contribution in [0.5, 0.6) is 0 Å². The highest BCUT2D eigenvalue weighted by Gasteiger charge is 2.24. The summed E-state index contributed by atoms with van der Waals surface area (Å²) in [6.45, 7) is 7.40. The van der Waals surface area contributed by atoms with Gasteiger partial charge in [0.15, 0.2) is 0 Å². The number of benzene rings is 1. The molecule has 0 unspecified atom stereocenters. The largest absolute Gasteiger partial charge is 0.381 e. The van der Waals surface area contributed by atoms with E-state index in [1.807, 2.05) is 0 Å². The molecule has 156 valence electrons. The molecule has 1 aromatic heterocycles. The minimum absolute atomic E-state index is 0.168. The van der Waals surface area contributed by atoms with Gasteiger partial charge in [0, 0.05) is 36.9 Å². The van der Waals surface area contributed by atoms with E-state index in [1.54, 1.807) is 10.9 Å². The number of halogens is 1. The quantitative estimate of drug-likeness (QED) is 0.420. The van der Waals surface area contributed by atoms with Crippen LogP contribution in [-0.2, 0) is 11.2 Å². The number of carbonyl (C=O) groups excluding carboxylic acids is 1. The van der Waals surface area contributed by atoms with Crippen molar-refractivity contribution in [1.29, 1.82) is 0 Å². The van der Waals surface area contributed by atoms with Crippen LogP contribution in [0.2, 0.25) is 0 Å². The van der Waals surface area contributed by atoms with Crippen molar-refractivity contribution >= 4 is 28.6 Å². The van der Waals surface area contributed by atoms with Crippen molar-refractivity contribution in [2.75, 3.05) is 32.8 Å². The molecule has 1 aliphatic rings. The summed E-state index contributed by atoms with van der Waals surface area (Å²) in [5, 5.41) is 10.4. The van der Waals surface area contributed by atoms with E-state index in [0.29, 0.717) is 25.5 Å². The third kappa shape index (κ3) is 6.22. The van der Waals surface area contributed by atoms with Crippen LogP contribution in [0.4, 0.5) is 0 Å². The summed E-state index contributed by atoms with van der Waals surface area (Å²) in [7, 11) is 0. The van der Waals surface area contributed by atoms with Crippen molar-refractivity contribution in [2.24, 2.45) is 5.10 Å². The molecule has 1 aromatic carbocycles. The van der Waals surface area contributed by atoms with Gasteiger partial charge in [0.05, 0.1) is 6.20 Å². The van der Waals surface area contributed by atoms with Crippen LogP contribution in [0.1, 0.15) is 47.1 Å². The standard InChI is InChI=1S/C21H28BrN5O2/c1-23-27-19(15-26-20(27)17-8-13-29-14-9-17)21(28)25-11-2-10-24-12-7-16-3-5-18(22)6-4-16/h3-6,15,17,24H,1-2,7-14H2,(H,25,28). The van der Waals surface area contributed by atoms with E-state index in [1.165, 1.54) is 5.56 Å². The Labute approximate surface area is 180 Å². The lowest BCUT2D eigenvalue weighted by Gasteiger charge is -2.21. The van der Waals surface area contributed by atoms with Gasteiger partial charge >= 0.3 is 0 Å². The number of amides is 1. The van der Waals surface area contributed by atoms with Crippen LogP contribution in [0.15, 0.2) is 40.0 Å².